The topological polar surface area (TPSA) is 48.2 Å². The van der Waals surface area contributed by atoms with E-state index < -0.39 is 0 Å². The van der Waals surface area contributed by atoms with Crippen molar-refractivity contribution in [2.75, 3.05) is 0 Å². The monoisotopic (exact) mass is 300 g/mol. The van der Waals surface area contributed by atoms with E-state index in [9.17, 15) is 0 Å². The number of hydrogen-bond acceptors (Lipinski definition) is 4. The fourth-order valence-electron chi connectivity index (χ4n) is 1.93. The first-order valence-electron chi connectivity index (χ1n) is 6.52. The highest BCUT2D eigenvalue weighted by molar-refractivity contribution is 6.29. The van der Waals surface area contributed by atoms with Crippen LogP contribution in [0.2, 0.25) is 5.15 Å². The molecule has 0 unspecified atom stereocenters. The Balaban J connectivity index is 1.59. The van der Waals surface area contributed by atoms with Gasteiger partial charge in [-0.1, -0.05) is 35.0 Å². The van der Waals surface area contributed by atoms with E-state index in [-0.39, 0.29) is 0 Å². The second-order valence-corrected chi connectivity index (χ2v) is 4.94. The van der Waals surface area contributed by atoms with Crippen LogP contribution in [0.5, 0.6) is 5.75 Å². The van der Waals surface area contributed by atoms with Crippen molar-refractivity contribution in [3.05, 3.63) is 76.9 Å². The van der Waals surface area contributed by atoms with Gasteiger partial charge in [0.05, 0.1) is 11.4 Å². The molecular formula is C16H13ClN2O2. The molecule has 0 aliphatic rings. The average molecular weight is 301 g/mol. The lowest BCUT2D eigenvalue weighted by molar-refractivity contribution is 0.301. The summed E-state index contributed by atoms with van der Waals surface area (Å²) >= 11 is 5.83. The number of rotatable bonds is 5. The quantitative estimate of drug-likeness (QED) is 0.671. The predicted molar refractivity (Wildman–Crippen MR) is 79.3 cm³/mol. The van der Waals surface area contributed by atoms with Crippen molar-refractivity contribution in [1.29, 1.82) is 0 Å². The van der Waals surface area contributed by atoms with E-state index in [0.717, 1.165) is 29.1 Å². The lowest BCUT2D eigenvalue weighted by atomic mass is 10.1. The largest absolute Gasteiger partial charge is 0.487 e. The van der Waals surface area contributed by atoms with Gasteiger partial charge < -0.3 is 9.26 Å². The van der Waals surface area contributed by atoms with Crippen LogP contribution in [0.1, 0.15) is 17.0 Å². The van der Waals surface area contributed by atoms with Crippen molar-refractivity contribution in [3.63, 3.8) is 0 Å². The molecule has 0 saturated heterocycles. The van der Waals surface area contributed by atoms with E-state index in [0.29, 0.717) is 11.8 Å². The highest BCUT2D eigenvalue weighted by Gasteiger charge is 2.01. The predicted octanol–water partition coefficient (Wildman–Crippen LogP) is 3.89. The molecule has 0 amide bonds. The number of nitrogens with zero attached hydrogens (tertiary/aromatic N) is 2. The molecule has 0 bridgehead atoms. The van der Waals surface area contributed by atoms with E-state index in [2.05, 4.69) is 10.1 Å². The standard InChI is InChI=1S/C16H13ClN2O2/c17-16-3-1-2-14(18-16)11-20-15-6-4-12(5-7-15)10-13-8-9-21-19-13/h1-9H,10-11H2. The van der Waals surface area contributed by atoms with Crippen molar-refractivity contribution < 1.29 is 9.26 Å². The fraction of sp³-hybridized carbons (Fsp3) is 0.125. The second kappa shape index (κ2) is 6.41. The van der Waals surface area contributed by atoms with Crippen molar-refractivity contribution in [3.8, 4) is 5.75 Å². The van der Waals surface area contributed by atoms with Crippen molar-refractivity contribution in [2.24, 2.45) is 0 Å². The highest BCUT2D eigenvalue weighted by atomic mass is 35.5. The van der Waals surface area contributed by atoms with Gasteiger partial charge in [0, 0.05) is 12.5 Å². The number of halogens is 1. The van der Waals surface area contributed by atoms with Gasteiger partial charge in [-0.3, -0.25) is 0 Å². The zero-order chi connectivity index (χ0) is 14.5. The average Bonchev–Trinajstić information content (AvgIpc) is 3.00. The van der Waals surface area contributed by atoms with Crippen LogP contribution in [0.15, 0.2) is 59.3 Å². The normalized spacial score (nSPS) is 10.5. The van der Waals surface area contributed by atoms with E-state index in [4.69, 9.17) is 20.9 Å². The SMILES string of the molecule is Clc1cccc(COc2ccc(Cc3ccon3)cc2)n1. The summed E-state index contributed by atoms with van der Waals surface area (Å²) in [5, 5.41) is 4.36. The van der Waals surface area contributed by atoms with E-state index in [1.807, 2.05) is 42.5 Å². The van der Waals surface area contributed by atoms with Crippen molar-refractivity contribution in [1.82, 2.24) is 10.1 Å². The van der Waals surface area contributed by atoms with E-state index in [1.165, 1.54) is 0 Å². The summed E-state index contributed by atoms with van der Waals surface area (Å²) in [5.41, 5.74) is 2.86. The summed E-state index contributed by atoms with van der Waals surface area (Å²) in [4.78, 5) is 4.18. The Kier molecular flexibility index (Phi) is 4.17. The van der Waals surface area contributed by atoms with Gasteiger partial charge >= 0.3 is 0 Å². The van der Waals surface area contributed by atoms with Gasteiger partial charge in [0.15, 0.2) is 0 Å². The van der Waals surface area contributed by atoms with Gasteiger partial charge in [-0.25, -0.2) is 4.98 Å². The van der Waals surface area contributed by atoms with E-state index in [1.54, 1.807) is 12.3 Å². The number of benzene rings is 1. The van der Waals surface area contributed by atoms with Crippen molar-refractivity contribution >= 4 is 11.6 Å². The Morgan fingerprint density at radius 3 is 2.57 bits per heavy atom. The van der Waals surface area contributed by atoms with Crippen LogP contribution in [0, 0.1) is 0 Å². The van der Waals surface area contributed by atoms with Crippen LogP contribution in [-0.4, -0.2) is 10.1 Å². The Labute approximate surface area is 127 Å². The minimum atomic E-state index is 0.392. The summed E-state index contributed by atoms with van der Waals surface area (Å²) in [6.07, 6.45) is 2.32. The Morgan fingerprint density at radius 2 is 1.86 bits per heavy atom. The van der Waals surface area contributed by atoms with Gasteiger partial charge in [0.1, 0.15) is 23.8 Å². The Bertz CT molecular complexity index is 697. The molecule has 1 aromatic carbocycles. The first kappa shape index (κ1) is 13.6. The molecule has 3 rings (SSSR count). The molecule has 21 heavy (non-hydrogen) atoms. The first-order valence-corrected chi connectivity index (χ1v) is 6.90. The maximum atomic E-state index is 5.83. The molecule has 0 atom stereocenters. The Morgan fingerprint density at radius 1 is 1.00 bits per heavy atom. The molecular weight excluding hydrogens is 288 g/mol. The molecule has 0 radical (unpaired) electrons. The second-order valence-electron chi connectivity index (χ2n) is 4.55. The van der Waals surface area contributed by atoms with Gasteiger partial charge in [0.25, 0.3) is 0 Å². The molecule has 2 heterocycles. The molecule has 2 aromatic heterocycles. The maximum absolute atomic E-state index is 5.83. The Hall–Kier alpha value is -2.33. The first-order chi connectivity index (χ1) is 10.3. The van der Waals surface area contributed by atoms with Gasteiger partial charge in [0.2, 0.25) is 0 Å². The van der Waals surface area contributed by atoms with Gasteiger partial charge in [-0.2, -0.15) is 0 Å². The third kappa shape index (κ3) is 3.83. The summed E-state index contributed by atoms with van der Waals surface area (Å²) in [6, 6.07) is 15.2. The maximum Gasteiger partial charge on any atom is 0.130 e. The van der Waals surface area contributed by atoms with Gasteiger partial charge in [-0.15, -0.1) is 0 Å². The van der Waals surface area contributed by atoms with Gasteiger partial charge in [-0.05, 0) is 29.8 Å². The van der Waals surface area contributed by atoms with Crippen LogP contribution < -0.4 is 4.74 Å². The zero-order valence-electron chi connectivity index (χ0n) is 11.2. The molecule has 0 saturated carbocycles. The van der Waals surface area contributed by atoms with Crippen LogP contribution in [0.3, 0.4) is 0 Å². The van der Waals surface area contributed by atoms with E-state index >= 15 is 0 Å². The number of ether oxygens (including phenoxy) is 1. The number of hydrogen-bond donors (Lipinski definition) is 0. The molecule has 106 valence electrons. The minimum absolute atomic E-state index is 0.392. The lowest BCUT2D eigenvalue weighted by Crippen LogP contribution is -1.98. The molecule has 4 nitrogen and oxygen atoms in total. The number of aromatic nitrogens is 2. The lowest BCUT2D eigenvalue weighted by Gasteiger charge is -2.06. The van der Waals surface area contributed by atoms with Crippen LogP contribution in [-0.2, 0) is 13.0 Å². The molecule has 0 spiro atoms. The fourth-order valence-corrected chi connectivity index (χ4v) is 2.11. The molecule has 5 heteroatoms. The summed E-state index contributed by atoms with van der Waals surface area (Å²) in [5.74, 6) is 0.792. The highest BCUT2D eigenvalue weighted by Crippen LogP contribution is 2.16. The van der Waals surface area contributed by atoms with Crippen molar-refractivity contribution in [2.45, 2.75) is 13.0 Å². The van der Waals surface area contributed by atoms with Crippen LogP contribution >= 0.6 is 11.6 Å². The molecule has 0 N–H and O–H groups in total. The smallest absolute Gasteiger partial charge is 0.130 e. The summed E-state index contributed by atoms with van der Waals surface area (Å²) in [6.45, 7) is 0.392. The molecule has 0 aliphatic carbocycles. The molecule has 0 fully saturated rings. The third-order valence-electron chi connectivity index (χ3n) is 2.96. The molecule has 3 aromatic rings. The number of pyridine rings is 1. The third-order valence-corrected chi connectivity index (χ3v) is 3.17. The van der Waals surface area contributed by atoms with Crippen LogP contribution in [0.4, 0.5) is 0 Å². The zero-order valence-corrected chi connectivity index (χ0v) is 12.0. The minimum Gasteiger partial charge on any atom is -0.487 e. The summed E-state index contributed by atoms with van der Waals surface area (Å²) < 4.78 is 10.5. The summed E-state index contributed by atoms with van der Waals surface area (Å²) in [7, 11) is 0. The van der Waals surface area contributed by atoms with Crippen LogP contribution in [0.25, 0.3) is 0 Å². The molecule has 0 aliphatic heterocycles.